The number of likely N-dealkylation sites (tertiary alicyclic amines) is 1. The largest absolute Gasteiger partial charge is 0.467 e. The summed E-state index contributed by atoms with van der Waals surface area (Å²) < 4.78 is 26.0. The van der Waals surface area contributed by atoms with Crippen LogP contribution < -0.4 is 16.0 Å². The van der Waals surface area contributed by atoms with Crippen molar-refractivity contribution in [1.29, 1.82) is 0 Å². The average Bonchev–Trinajstić information content (AvgIpc) is 3.22. The van der Waals surface area contributed by atoms with Crippen molar-refractivity contribution in [3.8, 4) is 0 Å². The lowest BCUT2D eigenvalue weighted by molar-refractivity contribution is -0.145. The number of esters is 1. The summed E-state index contributed by atoms with van der Waals surface area (Å²) in [6.45, 7) is 6.77. The van der Waals surface area contributed by atoms with Gasteiger partial charge in [0.25, 0.3) is 0 Å². The number of likely N-dealkylation sites (N-methyl/N-ethyl adjacent to an activating group) is 1. The topological polar surface area (TPSA) is 113 Å². The Kier molecular flexibility index (Phi) is 7.89. The molecule has 3 N–H and O–H groups in total. The normalized spacial score (nSPS) is 20.2. The summed E-state index contributed by atoms with van der Waals surface area (Å²) in [6, 6.07) is 0.648. The smallest absolute Gasteiger partial charge is 0.411 e. The monoisotopic (exact) mass is 614 g/mol. The molecule has 208 valence electrons. The molecule has 0 saturated carbocycles. The van der Waals surface area contributed by atoms with E-state index in [-0.39, 0.29) is 28.0 Å². The summed E-state index contributed by atoms with van der Waals surface area (Å²) >= 11 is 9.51. The lowest BCUT2D eigenvalue weighted by Crippen LogP contribution is -2.58. The van der Waals surface area contributed by atoms with Crippen LogP contribution in [0.15, 0.2) is 10.5 Å². The number of benzene rings is 1. The Hall–Kier alpha value is -2.57. The van der Waals surface area contributed by atoms with Crippen molar-refractivity contribution >= 4 is 67.7 Å². The second-order valence-corrected chi connectivity index (χ2v) is 12.1. The maximum Gasteiger partial charge on any atom is 0.411 e. The van der Waals surface area contributed by atoms with Gasteiger partial charge in [-0.1, -0.05) is 11.6 Å². The number of hydrogen-bond donors (Lipinski definition) is 2. The molecule has 1 amide bonds. The predicted molar refractivity (Wildman–Crippen MR) is 149 cm³/mol. The van der Waals surface area contributed by atoms with Crippen LogP contribution in [0.1, 0.15) is 27.2 Å². The molecule has 38 heavy (non-hydrogen) atoms. The first-order valence-corrected chi connectivity index (χ1v) is 13.4. The summed E-state index contributed by atoms with van der Waals surface area (Å²) in [5.41, 5.74) is 6.77. The van der Waals surface area contributed by atoms with Crippen LogP contribution in [0.4, 0.5) is 26.4 Å². The summed E-state index contributed by atoms with van der Waals surface area (Å²) in [5.74, 6) is -0.699. The SMILES string of the molecule is COC(=O)[C@H]1C[C@@H](Nc2c(N)c(N3CC(N(C)C)C3)nc3c(F)c(Br)c(Cl)cc23)CN1C(=O)OC(C)(C)C. The van der Waals surface area contributed by atoms with E-state index in [2.05, 4.69) is 31.1 Å². The molecule has 3 heterocycles. The molecule has 13 heteroatoms. The molecule has 10 nitrogen and oxygen atoms in total. The molecule has 2 atom stereocenters. The average molecular weight is 616 g/mol. The van der Waals surface area contributed by atoms with Gasteiger partial charge in [-0.2, -0.15) is 0 Å². The number of hydrogen-bond acceptors (Lipinski definition) is 9. The van der Waals surface area contributed by atoms with Crippen molar-refractivity contribution in [2.24, 2.45) is 0 Å². The third-order valence-electron chi connectivity index (χ3n) is 6.78. The Morgan fingerprint density at radius 1 is 1.29 bits per heavy atom. The van der Waals surface area contributed by atoms with Crippen LogP contribution in [0.2, 0.25) is 5.02 Å². The Morgan fingerprint density at radius 3 is 2.53 bits per heavy atom. The zero-order chi connectivity index (χ0) is 28.1. The number of carbonyl (C=O) groups is 2. The zero-order valence-corrected chi connectivity index (χ0v) is 24.6. The van der Waals surface area contributed by atoms with Gasteiger partial charge in [-0.15, -0.1) is 0 Å². The van der Waals surface area contributed by atoms with Gasteiger partial charge in [-0.3, -0.25) is 4.90 Å². The highest BCUT2D eigenvalue weighted by molar-refractivity contribution is 9.10. The quantitative estimate of drug-likeness (QED) is 0.379. The fourth-order valence-corrected chi connectivity index (χ4v) is 5.18. The minimum absolute atomic E-state index is 0.104. The van der Waals surface area contributed by atoms with Gasteiger partial charge in [0, 0.05) is 43.5 Å². The van der Waals surface area contributed by atoms with E-state index >= 15 is 4.39 Å². The van der Waals surface area contributed by atoms with Crippen molar-refractivity contribution in [3.05, 3.63) is 21.4 Å². The third kappa shape index (κ3) is 5.43. The lowest BCUT2D eigenvalue weighted by Gasteiger charge is -2.44. The summed E-state index contributed by atoms with van der Waals surface area (Å²) in [5, 5.41) is 3.92. The number of nitrogens with one attached hydrogen (secondary N) is 1. The van der Waals surface area contributed by atoms with E-state index < -0.39 is 35.6 Å². The fourth-order valence-electron chi connectivity index (χ4n) is 4.69. The molecule has 1 aromatic carbocycles. The van der Waals surface area contributed by atoms with Crippen LogP contribution in [0.5, 0.6) is 0 Å². The van der Waals surface area contributed by atoms with Crippen LogP contribution in [0.25, 0.3) is 10.9 Å². The number of nitrogens with zero attached hydrogens (tertiary/aromatic N) is 4. The number of carbonyl (C=O) groups excluding carboxylic acids is 2. The van der Waals surface area contributed by atoms with Crippen LogP contribution >= 0.6 is 27.5 Å². The number of rotatable bonds is 5. The highest BCUT2D eigenvalue weighted by Gasteiger charge is 2.43. The molecule has 2 aliphatic heterocycles. The second-order valence-electron chi connectivity index (χ2n) is 10.9. The molecule has 1 aromatic heterocycles. The van der Waals surface area contributed by atoms with E-state index in [0.29, 0.717) is 41.7 Å². The van der Waals surface area contributed by atoms with E-state index in [1.54, 1.807) is 26.8 Å². The van der Waals surface area contributed by atoms with E-state index in [9.17, 15) is 9.59 Å². The molecule has 0 spiro atoms. The number of halogens is 3. The van der Waals surface area contributed by atoms with Gasteiger partial charge < -0.3 is 30.3 Å². The van der Waals surface area contributed by atoms with Gasteiger partial charge in [0.05, 0.1) is 28.0 Å². The van der Waals surface area contributed by atoms with E-state index in [1.165, 1.54) is 12.0 Å². The number of methoxy groups -OCH3 is 1. The number of aromatic nitrogens is 1. The van der Waals surface area contributed by atoms with Gasteiger partial charge in [0.15, 0.2) is 11.6 Å². The first-order valence-electron chi connectivity index (χ1n) is 12.2. The molecule has 0 unspecified atom stereocenters. The molecule has 0 bridgehead atoms. The third-order valence-corrected chi connectivity index (χ3v) is 8.08. The number of nitrogen functional groups attached to an aromatic ring is 1. The molecule has 2 fully saturated rings. The number of amides is 1. The lowest BCUT2D eigenvalue weighted by atomic mass is 10.1. The predicted octanol–water partition coefficient (Wildman–Crippen LogP) is 4.09. The van der Waals surface area contributed by atoms with Gasteiger partial charge in [-0.25, -0.2) is 19.0 Å². The zero-order valence-electron chi connectivity index (χ0n) is 22.3. The van der Waals surface area contributed by atoms with Gasteiger partial charge >= 0.3 is 12.1 Å². The number of anilines is 3. The Labute approximate surface area is 234 Å². The minimum Gasteiger partial charge on any atom is -0.467 e. The second kappa shape index (κ2) is 10.5. The molecule has 0 aliphatic carbocycles. The maximum atomic E-state index is 15.4. The summed E-state index contributed by atoms with van der Waals surface area (Å²) in [6.07, 6.45) is -0.386. The molecule has 2 saturated heterocycles. The molecule has 0 radical (unpaired) electrons. The highest BCUT2D eigenvalue weighted by atomic mass is 79.9. The van der Waals surface area contributed by atoms with Crippen molar-refractivity contribution in [3.63, 3.8) is 0 Å². The van der Waals surface area contributed by atoms with Crippen molar-refractivity contribution in [2.45, 2.75) is 50.9 Å². The van der Waals surface area contributed by atoms with Gasteiger partial charge in [0.1, 0.15) is 17.2 Å². The molecular weight excluding hydrogens is 583 g/mol. The Morgan fingerprint density at radius 2 is 1.95 bits per heavy atom. The van der Waals surface area contributed by atoms with E-state index in [1.807, 2.05) is 19.0 Å². The number of fused-ring (bicyclic) bond motifs is 1. The standard InChI is InChI=1S/C25H33BrClFN6O4/c1-25(2,3)38-24(36)34-9-12(7-16(34)23(35)37-6)30-21-14-8-15(27)17(26)18(28)20(14)31-22(19(21)29)33-10-13(11-33)32(4)5/h8,12-13,16H,7,9-11,29H2,1-6H3,(H,30,31)/t12-,16-/m1/s1. The summed E-state index contributed by atoms with van der Waals surface area (Å²) in [4.78, 5) is 35.5. The van der Waals surface area contributed by atoms with Gasteiger partial charge in [-0.05, 0) is 56.9 Å². The Balaban J connectivity index is 1.73. The molecular formula is C25H33BrClFN6O4. The number of pyridine rings is 1. The first kappa shape index (κ1) is 28.4. The summed E-state index contributed by atoms with van der Waals surface area (Å²) in [7, 11) is 5.27. The first-order chi connectivity index (χ1) is 17.7. The van der Waals surface area contributed by atoms with Crippen LogP contribution in [-0.4, -0.2) is 91.4 Å². The highest BCUT2D eigenvalue weighted by Crippen LogP contribution is 2.42. The molecule has 4 rings (SSSR count). The number of ether oxygens (including phenoxy) is 2. The van der Waals surface area contributed by atoms with Crippen LogP contribution in [0.3, 0.4) is 0 Å². The van der Waals surface area contributed by atoms with E-state index in [4.69, 9.17) is 26.8 Å². The fraction of sp³-hybridized carbons (Fsp3) is 0.560. The van der Waals surface area contributed by atoms with Crippen LogP contribution in [0, 0.1) is 5.82 Å². The van der Waals surface area contributed by atoms with Gasteiger partial charge in [0.2, 0.25) is 0 Å². The Bertz CT molecular complexity index is 1270. The van der Waals surface area contributed by atoms with E-state index in [0.717, 1.165) is 0 Å². The van der Waals surface area contributed by atoms with Crippen LogP contribution in [-0.2, 0) is 14.3 Å². The van der Waals surface area contributed by atoms with Crippen molar-refractivity contribution < 1.29 is 23.5 Å². The minimum atomic E-state index is -0.855. The maximum absolute atomic E-state index is 15.4. The van der Waals surface area contributed by atoms with Crippen molar-refractivity contribution in [2.75, 3.05) is 56.8 Å². The molecule has 2 aromatic rings. The van der Waals surface area contributed by atoms with Crippen molar-refractivity contribution in [1.82, 2.24) is 14.8 Å². The number of nitrogens with two attached hydrogens (primary N) is 1. The molecule has 2 aliphatic rings.